The average Bonchev–Trinajstić information content (AvgIpc) is 0.954. The van der Waals surface area contributed by atoms with Gasteiger partial charge in [0.1, 0.15) is 26.4 Å². The van der Waals surface area contributed by atoms with Crippen LogP contribution < -0.4 is 0 Å². The summed E-state index contributed by atoms with van der Waals surface area (Å²) >= 11 is 0. The van der Waals surface area contributed by atoms with Crippen LogP contribution in [0.5, 0.6) is 0 Å². The lowest BCUT2D eigenvalue weighted by Crippen LogP contribution is -2.30. The summed E-state index contributed by atoms with van der Waals surface area (Å²) in [5.41, 5.74) is 0. The van der Waals surface area contributed by atoms with E-state index in [1.807, 2.05) is 0 Å². The van der Waals surface area contributed by atoms with Crippen LogP contribution in [0.4, 0.5) is 0 Å². The van der Waals surface area contributed by atoms with Gasteiger partial charge >= 0.3 is 35.8 Å². The number of rotatable bonds is 90. The van der Waals surface area contributed by atoms with Gasteiger partial charge in [-0.25, -0.2) is 0 Å². The molecule has 0 aliphatic carbocycles. The second kappa shape index (κ2) is 89.1. The van der Waals surface area contributed by atoms with E-state index in [0.717, 1.165) is 141 Å². The fourth-order valence-electron chi connectivity index (χ4n) is 14.7. The molecule has 0 N–H and O–H groups in total. The minimum Gasteiger partial charge on any atom is -0.462 e. The first-order valence-electron chi connectivity index (χ1n) is 47.8. The van der Waals surface area contributed by atoms with E-state index in [4.69, 9.17) is 28.4 Å². The van der Waals surface area contributed by atoms with Gasteiger partial charge in [0.25, 0.3) is 0 Å². The van der Waals surface area contributed by atoms with Crippen molar-refractivity contribution in [3.05, 3.63) is 12.2 Å². The van der Waals surface area contributed by atoms with Crippen molar-refractivity contribution in [3.8, 4) is 0 Å². The molecule has 12 nitrogen and oxygen atoms in total. The van der Waals surface area contributed by atoms with Crippen molar-refractivity contribution in [1.82, 2.24) is 0 Å². The Bertz CT molecular complexity index is 1700. The van der Waals surface area contributed by atoms with E-state index in [2.05, 4.69) is 39.8 Å². The maximum Gasteiger partial charge on any atom is 0.306 e. The highest BCUT2D eigenvalue weighted by Crippen LogP contribution is 2.21. The van der Waals surface area contributed by atoms with Crippen LogP contribution in [0.3, 0.4) is 0 Å². The maximum absolute atomic E-state index is 13.1. The Morgan fingerprint density at radius 2 is 0.306 bits per heavy atom. The Kier molecular flexibility index (Phi) is 86.3. The Labute approximate surface area is 668 Å². The zero-order valence-corrected chi connectivity index (χ0v) is 72.2. The van der Waals surface area contributed by atoms with Gasteiger partial charge in [0.15, 0.2) is 12.2 Å². The second-order valence-electron chi connectivity index (χ2n) is 32.8. The first-order chi connectivity index (χ1) is 53.1. The molecule has 0 radical (unpaired) electrons. The van der Waals surface area contributed by atoms with Crippen molar-refractivity contribution >= 4 is 35.8 Å². The highest BCUT2D eigenvalue weighted by Gasteiger charge is 2.22. The summed E-state index contributed by atoms with van der Waals surface area (Å²) in [5, 5.41) is 0. The Balaban J connectivity index is 4.71. The predicted octanol–water partition coefficient (Wildman–Crippen LogP) is 30.0. The zero-order valence-electron chi connectivity index (χ0n) is 72.2. The van der Waals surface area contributed by atoms with E-state index in [-0.39, 0.29) is 75.1 Å². The summed E-state index contributed by atoms with van der Waals surface area (Å²) < 4.78 is 34.1. The van der Waals surface area contributed by atoms with E-state index in [1.165, 1.54) is 308 Å². The monoisotopic (exact) mass is 1530 g/mol. The van der Waals surface area contributed by atoms with Crippen molar-refractivity contribution in [1.29, 1.82) is 0 Å². The van der Waals surface area contributed by atoms with Crippen molar-refractivity contribution in [3.63, 3.8) is 0 Å². The molecule has 0 saturated carbocycles. The molecule has 0 aromatic heterocycles. The molecular weight excluding hydrogens is 1350 g/mol. The fourth-order valence-corrected chi connectivity index (χ4v) is 14.7. The number of unbranched alkanes of at least 4 members (excludes halogenated alkanes) is 66. The van der Waals surface area contributed by atoms with E-state index in [1.54, 1.807) is 0 Å². The van der Waals surface area contributed by atoms with Crippen molar-refractivity contribution in [2.24, 2.45) is 0 Å². The van der Waals surface area contributed by atoms with Crippen molar-refractivity contribution < 1.29 is 57.2 Å². The van der Waals surface area contributed by atoms with Gasteiger partial charge in [-0.05, 0) is 64.2 Å². The molecule has 0 fully saturated rings. The lowest BCUT2D eigenvalue weighted by atomic mass is 10.0. The highest BCUT2D eigenvalue weighted by atomic mass is 16.6. The van der Waals surface area contributed by atoms with Gasteiger partial charge in [-0.15, -0.1) is 0 Å². The average molecular weight is 1530 g/mol. The van der Waals surface area contributed by atoms with Gasteiger partial charge in [-0.3, -0.25) is 28.8 Å². The molecule has 0 atom stereocenters. The SMILES string of the molecule is CCCCCCCCCCCCCCCCCC(=O)OCC(COC(=O)CCCCCCCCCCCCCCCCC)OC(=O)CCCCCCC/C=C/CCCCCCCC(=O)OC(COC(=O)CCCCCCCCCCCCCCCCC)COC(=O)CCCCCCCCCCCCCCCCC. The second-order valence-corrected chi connectivity index (χ2v) is 32.8. The minimum atomic E-state index is -0.817. The summed E-state index contributed by atoms with van der Waals surface area (Å²) in [7, 11) is 0. The summed E-state index contributed by atoms with van der Waals surface area (Å²) in [5.74, 6) is -1.88. The molecule has 0 heterocycles. The first-order valence-corrected chi connectivity index (χ1v) is 47.8. The summed E-state index contributed by atoms with van der Waals surface area (Å²) in [4.78, 5) is 77.4. The number of carbonyl (C=O) groups excluding carboxylic acids is 6. The third-order valence-electron chi connectivity index (χ3n) is 21.9. The van der Waals surface area contributed by atoms with Crippen LogP contribution in [0.15, 0.2) is 12.2 Å². The molecular formula is C96H180O12. The summed E-state index contributed by atoms with van der Waals surface area (Å²) in [6.45, 7) is 8.67. The molecule has 636 valence electrons. The summed E-state index contributed by atoms with van der Waals surface area (Å²) in [6.07, 6.45) is 92.4. The number of esters is 6. The largest absolute Gasteiger partial charge is 0.462 e. The predicted molar refractivity (Wildman–Crippen MR) is 456 cm³/mol. The normalized spacial score (nSPS) is 11.6. The number of hydrogen-bond donors (Lipinski definition) is 0. The fraction of sp³-hybridized carbons (Fsp3) is 0.917. The van der Waals surface area contributed by atoms with Crippen LogP contribution in [0, 0.1) is 0 Å². The van der Waals surface area contributed by atoms with E-state index in [9.17, 15) is 28.8 Å². The van der Waals surface area contributed by atoms with Gasteiger partial charge in [0.2, 0.25) is 0 Å². The van der Waals surface area contributed by atoms with Crippen LogP contribution in [0.1, 0.15) is 529 Å². The third-order valence-corrected chi connectivity index (χ3v) is 21.9. The smallest absolute Gasteiger partial charge is 0.306 e. The molecule has 0 aromatic rings. The van der Waals surface area contributed by atoms with E-state index in [0.29, 0.717) is 38.5 Å². The van der Waals surface area contributed by atoms with Gasteiger partial charge in [-0.1, -0.05) is 438 Å². The Morgan fingerprint density at radius 3 is 0.463 bits per heavy atom. The van der Waals surface area contributed by atoms with Gasteiger partial charge < -0.3 is 28.4 Å². The topological polar surface area (TPSA) is 158 Å². The van der Waals surface area contributed by atoms with Crippen molar-refractivity contribution in [2.45, 2.75) is 541 Å². The lowest BCUT2D eigenvalue weighted by Gasteiger charge is -2.18. The summed E-state index contributed by atoms with van der Waals surface area (Å²) in [6, 6.07) is 0. The maximum atomic E-state index is 13.1. The van der Waals surface area contributed by atoms with Gasteiger partial charge in [0, 0.05) is 38.5 Å². The molecule has 12 heteroatoms. The first kappa shape index (κ1) is 105. The van der Waals surface area contributed by atoms with Crippen LogP contribution in [0.25, 0.3) is 0 Å². The molecule has 0 spiro atoms. The van der Waals surface area contributed by atoms with Crippen LogP contribution in [0.2, 0.25) is 0 Å². The number of hydrogen-bond acceptors (Lipinski definition) is 12. The molecule has 0 rings (SSSR count). The van der Waals surface area contributed by atoms with Gasteiger partial charge in [-0.2, -0.15) is 0 Å². The molecule has 0 saturated heterocycles. The molecule has 0 aliphatic heterocycles. The van der Waals surface area contributed by atoms with Crippen molar-refractivity contribution in [2.75, 3.05) is 26.4 Å². The number of ether oxygens (including phenoxy) is 6. The molecule has 0 amide bonds. The van der Waals surface area contributed by atoms with E-state index >= 15 is 0 Å². The van der Waals surface area contributed by atoms with Crippen LogP contribution in [-0.2, 0) is 57.2 Å². The van der Waals surface area contributed by atoms with Crippen LogP contribution in [-0.4, -0.2) is 74.5 Å². The molecule has 108 heavy (non-hydrogen) atoms. The molecule has 0 aliphatic rings. The quantitative estimate of drug-likeness (QED) is 0.0246. The Morgan fingerprint density at radius 1 is 0.176 bits per heavy atom. The highest BCUT2D eigenvalue weighted by molar-refractivity contribution is 5.72. The van der Waals surface area contributed by atoms with E-state index < -0.39 is 12.2 Å². The number of allylic oxidation sites excluding steroid dienone is 2. The third kappa shape index (κ3) is 85.0. The van der Waals surface area contributed by atoms with Crippen LogP contribution >= 0.6 is 0 Å². The van der Waals surface area contributed by atoms with Gasteiger partial charge in [0.05, 0.1) is 0 Å². The molecule has 0 bridgehead atoms. The molecule has 0 unspecified atom stereocenters. The molecule has 0 aromatic carbocycles. The minimum absolute atomic E-state index is 0.104. The number of carbonyl (C=O) groups is 6. The Hall–Kier alpha value is -3.44. The standard InChI is InChI=1S/C96H180O12/c1-5-9-13-17-21-25-29-33-37-43-49-55-61-67-73-79-91(97)103-85-89(86-104-92(98)80-74-68-62-56-50-44-38-34-30-26-22-18-14-10-6-2)107-95(101)83-77-71-65-59-53-47-41-42-48-54-60-66-72-78-84-96(102)108-90(87-105-93(99)81-75-69-63-57-51-45-39-35-31-27-23-19-15-11-7-3)88-106-94(100)82-76-70-64-58-52-46-40-36-32-28-24-20-16-12-8-4/h41-42,89-90H,5-40,43-88H2,1-4H3/b42-41+. The lowest BCUT2D eigenvalue weighted by molar-refractivity contribution is -0.167. The zero-order chi connectivity index (χ0) is 78.3.